The van der Waals surface area contributed by atoms with Crippen LogP contribution >= 0.6 is 0 Å². The summed E-state index contributed by atoms with van der Waals surface area (Å²) in [5, 5.41) is 11.0. The highest BCUT2D eigenvalue weighted by Gasteiger charge is 2.14. The summed E-state index contributed by atoms with van der Waals surface area (Å²) in [6.07, 6.45) is 1.98. The van der Waals surface area contributed by atoms with Gasteiger partial charge >= 0.3 is 0 Å². The Hall–Kier alpha value is -1.61. The van der Waals surface area contributed by atoms with Crippen LogP contribution in [0.5, 0.6) is 0 Å². The van der Waals surface area contributed by atoms with Crippen LogP contribution < -0.4 is 15.4 Å². The van der Waals surface area contributed by atoms with Crippen LogP contribution in [0.2, 0.25) is 0 Å². The van der Waals surface area contributed by atoms with E-state index in [1.165, 1.54) is 11.3 Å². The lowest BCUT2D eigenvalue weighted by atomic mass is 10.1. The zero-order valence-electron chi connectivity index (χ0n) is 15.5. The van der Waals surface area contributed by atoms with Crippen molar-refractivity contribution in [2.75, 3.05) is 25.9 Å². The van der Waals surface area contributed by atoms with E-state index in [0.29, 0.717) is 12.5 Å². The molecule has 1 atom stereocenters. The Kier molecular flexibility index (Phi) is 7.68. The summed E-state index contributed by atoms with van der Waals surface area (Å²) in [5.41, 5.74) is 3.45. The molecule has 1 rings (SSSR count). The van der Waals surface area contributed by atoms with Crippen LogP contribution in [-0.2, 0) is 23.5 Å². The molecule has 0 aromatic carbocycles. The van der Waals surface area contributed by atoms with Gasteiger partial charge in [-0.05, 0) is 39.7 Å². The molecule has 0 aliphatic rings. The van der Waals surface area contributed by atoms with E-state index in [-0.39, 0.29) is 12.6 Å². The highest BCUT2D eigenvalue weighted by Crippen LogP contribution is 2.14. The summed E-state index contributed by atoms with van der Waals surface area (Å²) in [5.74, 6) is 0.680. The molecule has 8 nitrogen and oxygen atoms in total. The van der Waals surface area contributed by atoms with Crippen LogP contribution in [0, 0.1) is 13.8 Å². The minimum Gasteiger partial charge on any atom is -0.357 e. The molecular weight excluding hydrogens is 328 g/mol. The average molecular weight is 359 g/mol. The summed E-state index contributed by atoms with van der Waals surface area (Å²) in [7, 11) is -1.23. The van der Waals surface area contributed by atoms with Gasteiger partial charge in [0.05, 0.1) is 18.5 Å². The fraction of sp³-hybridized carbons (Fsp3) is 0.733. The van der Waals surface area contributed by atoms with Gasteiger partial charge in [0.25, 0.3) is 0 Å². The summed E-state index contributed by atoms with van der Waals surface area (Å²) < 4.78 is 26.4. The summed E-state index contributed by atoms with van der Waals surface area (Å²) in [4.78, 5) is 4.39. The number of nitrogens with zero attached hydrogens (tertiary/aromatic N) is 3. The van der Waals surface area contributed by atoms with E-state index in [2.05, 4.69) is 39.3 Å². The first-order valence-corrected chi connectivity index (χ1v) is 10.0. The Morgan fingerprint density at radius 1 is 1.38 bits per heavy atom. The minimum atomic E-state index is -3.17. The van der Waals surface area contributed by atoms with Gasteiger partial charge in [0.15, 0.2) is 5.96 Å². The monoisotopic (exact) mass is 358 g/mol. The lowest BCUT2D eigenvalue weighted by Crippen LogP contribution is -2.43. The number of nitrogens with one attached hydrogen (secondary N) is 3. The molecule has 0 aliphatic carbocycles. The van der Waals surface area contributed by atoms with E-state index in [4.69, 9.17) is 0 Å². The number of aryl methyl sites for hydroxylation is 2. The molecule has 0 radical (unpaired) electrons. The van der Waals surface area contributed by atoms with E-state index in [0.717, 1.165) is 24.9 Å². The standard InChI is InChI=1S/C15H30N6O2S/c1-7-16-15(17-8-9-18-24(6,22)23)19-11(2)10-14-12(3)20-21(5)13(14)4/h11,18H,7-10H2,1-6H3,(H2,16,17,19). The van der Waals surface area contributed by atoms with Crippen LogP contribution in [-0.4, -0.2) is 56.1 Å². The second kappa shape index (κ2) is 9.03. The van der Waals surface area contributed by atoms with Gasteiger partial charge in [-0.25, -0.2) is 13.1 Å². The van der Waals surface area contributed by atoms with Crippen molar-refractivity contribution in [1.29, 1.82) is 0 Å². The van der Waals surface area contributed by atoms with Gasteiger partial charge in [-0.15, -0.1) is 0 Å². The summed E-state index contributed by atoms with van der Waals surface area (Å²) in [6.45, 7) is 9.57. The van der Waals surface area contributed by atoms with E-state index in [1.54, 1.807) is 0 Å². The second-order valence-electron chi connectivity index (χ2n) is 5.95. The number of rotatable bonds is 8. The molecule has 1 heterocycles. The van der Waals surface area contributed by atoms with Gasteiger partial charge in [-0.1, -0.05) is 0 Å². The molecule has 0 amide bonds. The molecule has 138 valence electrons. The number of sulfonamides is 1. The van der Waals surface area contributed by atoms with Gasteiger partial charge in [0, 0.05) is 31.9 Å². The van der Waals surface area contributed by atoms with Gasteiger partial charge in [0.2, 0.25) is 10.0 Å². The zero-order chi connectivity index (χ0) is 18.3. The number of hydrogen-bond donors (Lipinski definition) is 3. The maximum absolute atomic E-state index is 11.0. The maximum atomic E-state index is 11.0. The molecule has 0 saturated heterocycles. The first kappa shape index (κ1) is 20.4. The van der Waals surface area contributed by atoms with Crippen LogP contribution in [0.1, 0.15) is 30.8 Å². The number of hydrogen-bond acceptors (Lipinski definition) is 4. The Morgan fingerprint density at radius 2 is 2.04 bits per heavy atom. The number of aromatic nitrogens is 2. The molecule has 0 spiro atoms. The third-order valence-corrected chi connectivity index (χ3v) is 4.37. The molecule has 3 N–H and O–H groups in total. The van der Waals surface area contributed by atoms with Crippen LogP contribution in [0.15, 0.2) is 4.99 Å². The lowest BCUT2D eigenvalue weighted by molar-refractivity contribution is 0.588. The average Bonchev–Trinajstić information content (AvgIpc) is 2.69. The first-order chi connectivity index (χ1) is 11.1. The van der Waals surface area contributed by atoms with Gasteiger partial charge in [0.1, 0.15) is 0 Å². The fourth-order valence-corrected chi connectivity index (χ4v) is 2.88. The Bertz CT molecular complexity index is 666. The van der Waals surface area contributed by atoms with Crippen molar-refractivity contribution >= 4 is 16.0 Å². The third-order valence-electron chi connectivity index (χ3n) is 3.64. The van der Waals surface area contributed by atoms with Crippen molar-refractivity contribution < 1.29 is 8.42 Å². The molecule has 0 saturated carbocycles. The maximum Gasteiger partial charge on any atom is 0.208 e. The zero-order valence-corrected chi connectivity index (χ0v) is 16.3. The Labute approximate surface area is 145 Å². The molecule has 1 aromatic rings. The largest absolute Gasteiger partial charge is 0.357 e. The van der Waals surface area contributed by atoms with E-state index < -0.39 is 10.0 Å². The van der Waals surface area contributed by atoms with Gasteiger partial charge in [-0.2, -0.15) is 5.10 Å². The van der Waals surface area contributed by atoms with Crippen molar-refractivity contribution in [2.24, 2.45) is 12.0 Å². The van der Waals surface area contributed by atoms with Crippen LogP contribution in [0.3, 0.4) is 0 Å². The second-order valence-corrected chi connectivity index (χ2v) is 7.78. The van der Waals surface area contributed by atoms with Crippen molar-refractivity contribution in [3.05, 3.63) is 17.0 Å². The molecule has 1 unspecified atom stereocenters. The lowest BCUT2D eigenvalue weighted by Gasteiger charge is -2.18. The van der Waals surface area contributed by atoms with Gasteiger partial charge in [-0.3, -0.25) is 9.67 Å². The van der Waals surface area contributed by atoms with Crippen LogP contribution in [0.25, 0.3) is 0 Å². The minimum absolute atomic E-state index is 0.173. The van der Waals surface area contributed by atoms with E-state index in [9.17, 15) is 8.42 Å². The summed E-state index contributed by atoms with van der Waals surface area (Å²) in [6, 6.07) is 0.173. The van der Waals surface area contributed by atoms with Crippen molar-refractivity contribution in [2.45, 2.75) is 40.2 Å². The SMILES string of the molecule is CCNC(=NCCNS(C)(=O)=O)NC(C)Cc1c(C)nn(C)c1C. The molecule has 0 aliphatic heterocycles. The third kappa shape index (κ3) is 6.88. The number of guanidine groups is 1. The predicted octanol–water partition coefficient (Wildman–Crippen LogP) is 0.0722. The first-order valence-electron chi connectivity index (χ1n) is 8.12. The topological polar surface area (TPSA) is 100 Å². The van der Waals surface area contributed by atoms with Crippen molar-refractivity contribution in [3.63, 3.8) is 0 Å². The molecular formula is C15H30N6O2S. The molecule has 0 bridgehead atoms. The highest BCUT2D eigenvalue weighted by atomic mass is 32.2. The van der Waals surface area contributed by atoms with E-state index in [1.807, 2.05) is 25.6 Å². The van der Waals surface area contributed by atoms with Crippen LogP contribution in [0.4, 0.5) is 0 Å². The molecule has 9 heteroatoms. The van der Waals surface area contributed by atoms with Crippen molar-refractivity contribution in [3.8, 4) is 0 Å². The summed E-state index contributed by atoms with van der Waals surface area (Å²) >= 11 is 0. The van der Waals surface area contributed by atoms with Gasteiger partial charge < -0.3 is 10.6 Å². The molecule has 0 fully saturated rings. The van der Waals surface area contributed by atoms with Crippen molar-refractivity contribution in [1.82, 2.24) is 25.1 Å². The quantitative estimate of drug-likeness (QED) is 0.347. The molecule has 1 aromatic heterocycles. The normalized spacial score (nSPS) is 13.8. The number of aliphatic imine (C=N–C) groups is 1. The Balaban J connectivity index is 2.63. The predicted molar refractivity (Wildman–Crippen MR) is 97.8 cm³/mol. The van der Waals surface area contributed by atoms with E-state index >= 15 is 0 Å². The smallest absolute Gasteiger partial charge is 0.208 e. The Morgan fingerprint density at radius 3 is 2.54 bits per heavy atom. The fourth-order valence-electron chi connectivity index (χ4n) is 2.42. The highest BCUT2D eigenvalue weighted by molar-refractivity contribution is 7.88. The molecule has 24 heavy (non-hydrogen) atoms.